The number of rotatable bonds is 2. The van der Waals surface area contributed by atoms with Gasteiger partial charge in [0.25, 0.3) is 0 Å². The lowest BCUT2D eigenvalue weighted by Crippen LogP contribution is -2.16. The summed E-state index contributed by atoms with van der Waals surface area (Å²) in [6.07, 6.45) is 3.26. The van der Waals surface area contributed by atoms with Crippen LogP contribution in [-0.4, -0.2) is 14.7 Å². The maximum atomic E-state index is 11.1. The van der Waals surface area contributed by atoms with Gasteiger partial charge in [0.15, 0.2) is 5.76 Å². The van der Waals surface area contributed by atoms with Crippen molar-refractivity contribution in [3.05, 3.63) is 40.4 Å². The number of nitrogens with zero attached hydrogens (tertiary/aromatic N) is 2. The zero-order valence-corrected chi connectivity index (χ0v) is 7.15. The normalized spacial score (nSPS) is 10.5. The van der Waals surface area contributed by atoms with Gasteiger partial charge in [0.05, 0.1) is 12.2 Å². The number of aromatic amines is 1. The predicted molar refractivity (Wildman–Crippen MR) is 45.4 cm³/mol. The first-order valence-corrected chi connectivity index (χ1v) is 3.92. The van der Waals surface area contributed by atoms with Gasteiger partial charge in [0.1, 0.15) is 0 Å². The molecule has 0 radical (unpaired) electrons. The predicted octanol–water partition coefficient (Wildman–Crippen LogP) is 0.521. The summed E-state index contributed by atoms with van der Waals surface area (Å²) in [5, 5.41) is 3.73. The monoisotopic (exact) mass is 179 g/mol. The Bertz CT molecular complexity index is 452. The lowest BCUT2D eigenvalue weighted by Gasteiger charge is -1.93. The topological polar surface area (TPSA) is 63.8 Å². The Morgan fingerprint density at radius 3 is 3.08 bits per heavy atom. The molecule has 0 amide bonds. The first-order chi connectivity index (χ1) is 6.25. The van der Waals surface area contributed by atoms with Crippen LogP contribution >= 0.6 is 0 Å². The molecule has 0 aliphatic carbocycles. The second-order valence-electron chi connectivity index (χ2n) is 2.83. The summed E-state index contributed by atoms with van der Waals surface area (Å²) in [6.45, 7) is 2.26. The molecule has 0 fully saturated rings. The molecular weight excluding hydrogens is 170 g/mol. The smallest absolute Gasteiger partial charge is 0.325 e. The van der Waals surface area contributed by atoms with Crippen molar-refractivity contribution in [2.45, 2.75) is 13.5 Å². The number of aryl methyl sites for hydroxylation is 1. The Hall–Kier alpha value is -1.78. The molecule has 0 aromatic carbocycles. The largest absolute Gasteiger partial charge is 0.359 e. The van der Waals surface area contributed by atoms with E-state index >= 15 is 0 Å². The van der Waals surface area contributed by atoms with Crippen molar-refractivity contribution in [1.82, 2.24) is 14.7 Å². The highest BCUT2D eigenvalue weighted by atomic mass is 16.5. The number of hydrogen-bond donors (Lipinski definition) is 1. The van der Waals surface area contributed by atoms with Gasteiger partial charge in [-0.25, -0.2) is 4.79 Å². The van der Waals surface area contributed by atoms with E-state index < -0.39 is 0 Å². The van der Waals surface area contributed by atoms with E-state index in [9.17, 15) is 4.79 Å². The molecule has 0 saturated heterocycles. The molecular formula is C8H9N3O2. The molecule has 13 heavy (non-hydrogen) atoms. The van der Waals surface area contributed by atoms with Gasteiger partial charge in [-0.3, -0.25) is 4.57 Å². The summed E-state index contributed by atoms with van der Waals surface area (Å²) in [5.41, 5.74) is 0.674. The molecule has 0 bridgehead atoms. The number of nitrogens with one attached hydrogen (secondary N) is 1. The van der Waals surface area contributed by atoms with Crippen LogP contribution in [0.1, 0.15) is 11.5 Å². The quantitative estimate of drug-likeness (QED) is 0.731. The third-order valence-corrected chi connectivity index (χ3v) is 1.73. The molecule has 2 rings (SSSR count). The fraction of sp³-hybridized carbons (Fsp3) is 0.250. The molecule has 2 aromatic rings. The Morgan fingerprint density at radius 2 is 2.54 bits per heavy atom. The van der Waals surface area contributed by atoms with Crippen molar-refractivity contribution in [3.63, 3.8) is 0 Å². The maximum Gasteiger partial charge on any atom is 0.325 e. The van der Waals surface area contributed by atoms with Crippen molar-refractivity contribution < 1.29 is 4.52 Å². The second kappa shape index (κ2) is 2.93. The first kappa shape index (κ1) is 7.85. The Labute approximate surface area is 74.0 Å². The van der Waals surface area contributed by atoms with Gasteiger partial charge >= 0.3 is 5.69 Å². The third-order valence-electron chi connectivity index (χ3n) is 1.73. The molecule has 5 nitrogen and oxygen atoms in total. The lowest BCUT2D eigenvalue weighted by molar-refractivity contribution is 0.372. The molecule has 0 spiro atoms. The van der Waals surface area contributed by atoms with E-state index in [0.29, 0.717) is 12.3 Å². The molecule has 5 heteroatoms. The zero-order chi connectivity index (χ0) is 9.26. The van der Waals surface area contributed by atoms with Gasteiger partial charge < -0.3 is 9.51 Å². The molecule has 0 saturated carbocycles. The molecule has 0 unspecified atom stereocenters. The number of hydrogen-bond acceptors (Lipinski definition) is 3. The fourth-order valence-electron chi connectivity index (χ4n) is 1.13. The summed E-state index contributed by atoms with van der Waals surface area (Å²) in [5.74, 6) is 0.680. The van der Waals surface area contributed by atoms with Gasteiger partial charge in [-0.15, -0.1) is 0 Å². The fourth-order valence-corrected chi connectivity index (χ4v) is 1.13. The molecule has 0 aliphatic rings. The second-order valence-corrected chi connectivity index (χ2v) is 2.83. The third kappa shape index (κ3) is 1.53. The minimum Gasteiger partial charge on any atom is -0.359 e. The van der Waals surface area contributed by atoms with E-state index in [1.54, 1.807) is 18.5 Å². The van der Waals surface area contributed by atoms with E-state index in [-0.39, 0.29) is 5.69 Å². The van der Waals surface area contributed by atoms with E-state index in [4.69, 9.17) is 4.52 Å². The summed E-state index contributed by atoms with van der Waals surface area (Å²) in [4.78, 5) is 13.6. The van der Waals surface area contributed by atoms with Crippen molar-refractivity contribution in [3.8, 4) is 0 Å². The maximum absolute atomic E-state index is 11.1. The minimum atomic E-state index is -0.144. The Balaban J connectivity index is 2.24. The van der Waals surface area contributed by atoms with Crippen LogP contribution in [0, 0.1) is 6.92 Å². The number of aromatic nitrogens is 3. The summed E-state index contributed by atoms with van der Waals surface area (Å²) < 4.78 is 6.48. The zero-order valence-electron chi connectivity index (χ0n) is 7.15. The SMILES string of the molecule is Cc1cc(Cn2cc[nH]c2=O)on1. The average molecular weight is 179 g/mol. The standard InChI is InChI=1S/C8H9N3O2/c1-6-4-7(13-10-6)5-11-3-2-9-8(11)12/h2-4H,5H2,1H3,(H,9,12). The summed E-state index contributed by atoms with van der Waals surface area (Å²) >= 11 is 0. The van der Waals surface area contributed by atoms with Crippen molar-refractivity contribution in [2.24, 2.45) is 0 Å². The van der Waals surface area contributed by atoms with E-state index in [0.717, 1.165) is 5.69 Å². The van der Waals surface area contributed by atoms with Crippen LogP contribution < -0.4 is 5.69 Å². The molecule has 0 atom stereocenters. The molecule has 68 valence electrons. The highest BCUT2D eigenvalue weighted by Crippen LogP contribution is 2.02. The van der Waals surface area contributed by atoms with Crippen LogP contribution in [0.15, 0.2) is 27.8 Å². The van der Waals surface area contributed by atoms with Crippen LogP contribution in [0.5, 0.6) is 0 Å². The Morgan fingerprint density at radius 1 is 1.69 bits per heavy atom. The summed E-state index contributed by atoms with van der Waals surface area (Å²) in [6, 6.07) is 1.80. The Kier molecular flexibility index (Phi) is 1.77. The van der Waals surface area contributed by atoms with Crippen molar-refractivity contribution in [2.75, 3.05) is 0 Å². The molecule has 2 heterocycles. The van der Waals surface area contributed by atoms with Gasteiger partial charge in [-0.05, 0) is 6.92 Å². The van der Waals surface area contributed by atoms with Gasteiger partial charge in [-0.1, -0.05) is 5.16 Å². The highest BCUT2D eigenvalue weighted by Gasteiger charge is 2.02. The van der Waals surface area contributed by atoms with Crippen molar-refractivity contribution >= 4 is 0 Å². The number of imidazole rings is 1. The molecule has 2 aromatic heterocycles. The van der Waals surface area contributed by atoms with E-state index in [1.807, 2.05) is 6.92 Å². The van der Waals surface area contributed by atoms with Gasteiger partial charge in [-0.2, -0.15) is 0 Å². The van der Waals surface area contributed by atoms with E-state index in [2.05, 4.69) is 10.1 Å². The molecule has 0 aliphatic heterocycles. The van der Waals surface area contributed by atoms with Gasteiger partial charge in [0.2, 0.25) is 0 Å². The van der Waals surface area contributed by atoms with Crippen LogP contribution in [0.25, 0.3) is 0 Å². The highest BCUT2D eigenvalue weighted by molar-refractivity contribution is 5.03. The van der Waals surface area contributed by atoms with Gasteiger partial charge in [0, 0.05) is 18.5 Å². The summed E-state index contributed by atoms with van der Waals surface area (Å²) in [7, 11) is 0. The van der Waals surface area contributed by atoms with Crippen LogP contribution in [0.3, 0.4) is 0 Å². The average Bonchev–Trinajstić information content (AvgIpc) is 2.64. The minimum absolute atomic E-state index is 0.144. The van der Waals surface area contributed by atoms with Crippen LogP contribution in [-0.2, 0) is 6.54 Å². The van der Waals surface area contributed by atoms with Crippen molar-refractivity contribution in [1.29, 1.82) is 0 Å². The first-order valence-electron chi connectivity index (χ1n) is 3.92. The number of H-pyrrole nitrogens is 1. The molecule has 1 N–H and O–H groups in total. The lowest BCUT2D eigenvalue weighted by atomic mass is 10.4. The van der Waals surface area contributed by atoms with Crippen LogP contribution in [0.4, 0.5) is 0 Å². The van der Waals surface area contributed by atoms with E-state index in [1.165, 1.54) is 4.57 Å². The van der Waals surface area contributed by atoms with Crippen LogP contribution in [0.2, 0.25) is 0 Å².